The van der Waals surface area contributed by atoms with E-state index >= 15 is 0 Å². The molecule has 1 saturated heterocycles. The Morgan fingerprint density at radius 1 is 1.16 bits per heavy atom. The number of aromatic amines is 1. The van der Waals surface area contributed by atoms with Crippen LogP contribution < -0.4 is 14.8 Å². The highest BCUT2D eigenvalue weighted by atomic mass is 19.1. The van der Waals surface area contributed by atoms with Gasteiger partial charge in [-0.15, -0.1) is 0 Å². The third-order valence-electron chi connectivity index (χ3n) is 6.09. The molecule has 0 bridgehead atoms. The lowest BCUT2D eigenvalue weighted by molar-refractivity contribution is -0.123. The first kappa shape index (κ1) is 26.1. The van der Waals surface area contributed by atoms with Crippen LogP contribution >= 0.6 is 0 Å². The lowest BCUT2D eigenvalue weighted by atomic mass is 10.0. The predicted molar refractivity (Wildman–Crippen MR) is 131 cm³/mol. The van der Waals surface area contributed by atoms with Crippen molar-refractivity contribution in [1.82, 2.24) is 20.2 Å². The van der Waals surface area contributed by atoms with Gasteiger partial charge in [0.15, 0.2) is 5.78 Å². The van der Waals surface area contributed by atoms with Gasteiger partial charge in [-0.25, -0.2) is 13.8 Å². The molecule has 1 aromatic heterocycles. The van der Waals surface area contributed by atoms with Crippen LogP contribution in [0.2, 0.25) is 0 Å². The van der Waals surface area contributed by atoms with E-state index in [-0.39, 0.29) is 41.6 Å². The van der Waals surface area contributed by atoms with E-state index in [1.54, 1.807) is 33.2 Å². The first-order chi connectivity index (χ1) is 17.5. The topological polar surface area (TPSA) is 114 Å². The van der Waals surface area contributed by atoms with Crippen LogP contribution in [0.3, 0.4) is 0 Å². The van der Waals surface area contributed by atoms with Crippen LogP contribution in [-0.4, -0.2) is 59.2 Å². The summed E-state index contributed by atoms with van der Waals surface area (Å²) in [6.07, 6.45) is 0.874. The minimum atomic E-state index is -0.727. The van der Waals surface area contributed by atoms with Gasteiger partial charge in [0.2, 0.25) is 5.91 Å². The Morgan fingerprint density at radius 2 is 1.92 bits per heavy atom. The molecule has 2 atom stereocenters. The average Bonchev–Trinajstić information content (AvgIpc) is 3.43. The van der Waals surface area contributed by atoms with Gasteiger partial charge < -0.3 is 24.7 Å². The number of hydrogen-bond acceptors (Lipinski definition) is 6. The van der Waals surface area contributed by atoms with Gasteiger partial charge in [-0.1, -0.05) is 0 Å². The van der Waals surface area contributed by atoms with Crippen molar-refractivity contribution < 1.29 is 32.6 Å². The molecule has 3 aromatic rings. The number of nitrogens with one attached hydrogen (secondary N) is 2. The van der Waals surface area contributed by atoms with E-state index in [1.807, 2.05) is 0 Å². The summed E-state index contributed by atoms with van der Waals surface area (Å²) in [4.78, 5) is 42.5. The van der Waals surface area contributed by atoms with Crippen LogP contribution in [-0.2, 0) is 9.59 Å². The van der Waals surface area contributed by atoms with Crippen LogP contribution in [0.1, 0.15) is 54.0 Å². The number of ketones is 1. The number of carbonyl (C=O) groups is 3. The maximum Gasteiger partial charge on any atom is 0.253 e. The van der Waals surface area contributed by atoms with Gasteiger partial charge in [0.1, 0.15) is 40.6 Å². The molecule has 2 aromatic carbocycles. The highest BCUT2D eigenvalue weighted by Crippen LogP contribution is 2.39. The number of imidazole rings is 1. The molecule has 11 heteroatoms. The third kappa shape index (κ3) is 5.71. The zero-order valence-electron chi connectivity index (χ0n) is 21.0. The predicted octanol–water partition coefficient (Wildman–Crippen LogP) is 3.61. The molecule has 2 N–H and O–H groups in total. The molecular formula is C26H28F2N4O5. The van der Waals surface area contributed by atoms with Crippen LogP contribution in [0.15, 0.2) is 24.3 Å². The lowest BCUT2D eigenvalue weighted by Crippen LogP contribution is -2.31. The number of aromatic nitrogens is 2. The Hall–Kier alpha value is -4.02. The number of halogens is 2. The number of benzene rings is 2. The fourth-order valence-electron chi connectivity index (χ4n) is 4.28. The fraction of sp³-hybridized carbons (Fsp3) is 0.385. The molecule has 0 aliphatic carbocycles. The Kier molecular flexibility index (Phi) is 7.42. The number of carbonyl (C=O) groups excluding carboxylic acids is 3. The Bertz CT molecular complexity index is 1370. The molecule has 2 amide bonds. The van der Waals surface area contributed by atoms with E-state index in [0.29, 0.717) is 47.4 Å². The lowest BCUT2D eigenvalue weighted by Gasteiger charge is -2.27. The summed E-state index contributed by atoms with van der Waals surface area (Å²) < 4.78 is 39.5. The molecule has 196 valence electrons. The summed E-state index contributed by atoms with van der Waals surface area (Å²) in [6.45, 7) is 3.55. The largest absolute Gasteiger partial charge is 0.493 e. The van der Waals surface area contributed by atoms with Crippen molar-refractivity contribution in [1.29, 1.82) is 0 Å². The van der Waals surface area contributed by atoms with Crippen molar-refractivity contribution in [3.05, 3.63) is 52.9 Å². The summed E-state index contributed by atoms with van der Waals surface area (Å²) in [5.41, 5.74) is 1.77. The second-order valence-corrected chi connectivity index (χ2v) is 9.20. The number of hydrogen-bond donors (Lipinski definition) is 2. The van der Waals surface area contributed by atoms with E-state index in [1.165, 1.54) is 11.8 Å². The van der Waals surface area contributed by atoms with E-state index < -0.39 is 17.7 Å². The zero-order valence-corrected chi connectivity index (χ0v) is 21.0. The molecule has 3 heterocycles. The van der Waals surface area contributed by atoms with E-state index in [9.17, 15) is 23.2 Å². The van der Waals surface area contributed by atoms with Crippen LogP contribution in [0, 0.1) is 18.6 Å². The smallest absolute Gasteiger partial charge is 0.253 e. The summed E-state index contributed by atoms with van der Waals surface area (Å²) in [6, 6.07) is 5.07. The molecule has 37 heavy (non-hydrogen) atoms. The summed E-state index contributed by atoms with van der Waals surface area (Å²) in [5, 5.41) is 2.56. The van der Waals surface area contributed by atoms with E-state index in [2.05, 4.69) is 15.3 Å². The van der Waals surface area contributed by atoms with Crippen molar-refractivity contribution in [3.63, 3.8) is 0 Å². The fourth-order valence-corrected chi connectivity index (χ4v) is 4.28. The Labute approximate surface area is 212 Å². The SMILES string of the molecule is CC(=O)[C@@H]1CCC(=O)N1.Cc1nc2c(O[C@H]3CCOc4cc(F)cc(F)c43)cc(C(=O)N(C)C)cc2[nH]1. The maximum absolute atomic E-state index is 14.4. The maximum atomic E-state index is 14.4. The summed E-state index contributed by atoms with van der Waals surface area (Å²) in [5.74, 6) is -0.432. The quantitative estimate of drug-likeness (QED) is 0.550. The summed E-state index contributed by atoms with van der Waals surface area (Å²) >= 11 is 0. The first-order valence-electron chi connectivity index (χ1n) is 11.8. The van der Waals surface area contributed by atoms with Crippen LogP contribution in [0.4, 0.5) is 8.78 Å². The van der Waals surface area contributed by atoms with Crippen molar-refractivity contribution in [2.45, 2.75) is 45.3 Å². The highest BCUT2D eigenvalue weighted by Gasteiger charge is 2.29. The molecule has 0 saturated carbocycles. The minimum absolute atomic E-state index is 0.00444. The first-order valence-corrected chi connectivity index (χ1v) is 11.8. The Balaban J connectivity index is 0.000000301. The van der Waals surface area contributed by atoms with Gasteiger partial charge in [0.05, 0.1) is 23.7 Å². The van der Waals surface area contributed by atoms with Crippen molar-refractivity contribution in [2.24, 2.45) is 0 Å². The normalized spacial score (nSPS) is 18.3. The molecule has 0 unspecified atom stereocenters. The third-order valence-corrected chi connectivity index (χ3v) is 6.09. The average molecular weight is 515 g/mol. The Morgan fingerprint density at radius 3 is 2.54 bits per heavy atom. The number of nitrogens with zero attached hydrogens (tertiary/aromatic N) is 2. The molecule has 0 spiro atoms. The van der Waals surface area contributed by atoms with Gasteiger partial charge in [0, 0.05) is 44.6 Å². The summed E-state index contributed by atoms with van der Waals surface area (Å²) in [7, 11) is 3.31. The van der Waals surface area contributed by atoms with Gasteiger partial charge in [-0.2, -0.15) is 0 Å². The van der Waals surface area contributed by atoms with Gasteiger partial charge in [0.25, 0.3) is 5.91 Å². The van der Waals surface area contributed by atoms with E-state index in [0.717, 1.165) is 12.1 Å². The van der Waals surface area contributed by atoms with Crippen LogP contribution in [0.5, 0.6) is 11.5 Å². The van der Waals surface area contributed by atoms with E-state index in [4.69, 9.17) is 9.47 Å². The van der Waals surface area contributed by atoms with Gasteiger partial charge in [-0.3, -0.25) is 14.4 Å². The van der Waals surface area contributed by atoms with Crippen molar-refractivity contribution in [2.75, 3.05) is 20.7 Å². The minimum Gasteiger partial charge on any atom is -0.493 e. The number of aryl methyl sites for hydroxylation is 1. The number of H-pyrrole nitrogens is 1. The second kappa shape index (κ2) is 10.5. The number of rotatable bonds is 4. The van der Waals surface area contributed by atoms with Crippen molar-refractivity contribution in [3.8, 4) is 11.5 Å². The van der Waals surface area contributed by atoms with Crippen LogP contribution in [0.25, 0.3) is 11.0 Å². The van der Waals surface area contributed by atoms with Crippen molar-refractivity contribution >= 4 is 28.6 Å². The molecule has 1 fully saturated rings. The molecule has 2 aliphatic rings. The van der Waals surface area contributed by atoms with Gasteiger partial charge in [-0.05, 0) is 32.4 Å². The molecule has 9 nitrogen and oxygen atoms in total. The monoisotopic (exact) mass is 514 g/mol. The number of amides is 2. The standard InChI is InChI=1S/C20H19F2N3O3.C6H9NO2/c1-10-23-14-6-11(20(26)25(2)3)7-17(19(14)24-10)28-15-4-5-27-16-9-12(21)8-13(22)18(15)16;1-4(8)5-2-3-6(9)7-5/h6-9,15H,4-5H2,1-3H3,(H,23,24);5H,2-3H2,1H3,(H,7,9)/t15-;5-/m00/s1. The zero-order chi connectivity index (χ0) is 26.9. The van der Waals surface area contributed by atoms with Gasteiger partial charge >= 0.3 is 0 Å². The molecule has 0 radical (unpaired) electrons. The molecule has 2 aliphatic heterocycles. The number of Topliss-reactive ketones (excluding diaryl/α,β-unsaturated/α-hetero) is 1. The molecular weight excluding hydrogens is 486 g/mol. The second-order valence-electron chi connectivity index (χ2n) is 9.20. The molecule has 5 rings (SSSR count). The number of fused-ring (bicyclic) bond motifs is 2. The number of ether oxygens (including phenoxy) is 2. The highest BCUT2D eigenvalue weighted by molar-refractivity contribution is 5.99.